The van der Waals surface area contributed by atoms with Crippen LogP contribution in [0.1, 0.15) is 36.8 Å². The normalized spacial score (nSPS) is 16.9. The van der Waals surface area contributed by atoms with Crippen molar-refractivity contribution in [3.8, 4) is 0 Å². The van der Waals surface area contributed by atoms with Gasteiger partial charge in [0.2, 0.25) is 0 Å². The fourth-order valence-corrected chi connectivity index (χ4v) is 2.10. The molecular formula is C10H11ClN4. The summed E-state index contributed by atoms with van der Waals surface area (Å²) in [5, 5.41) is 4.85. The minimum Gasteiger partial charge on any atom is -0.221 e. The molecule has 5 heteroatoms. The summed E-state index contributed by atoms with van der Waals surface area (Å²) in [6.07, 6.45) is 3.64. The number of hydrogen-bond acceptors (Lipinski definition) is 3. The molecule has 0 spiro atoms. The predicted octanol–water partition coefficient (Wildman–Crippen LogP) is 2.35. The van der Waals surface area contributed by atoms with Gasteiger partial charge in [0.1, 0.15) is 16.8 Å². The van der Waals surface area contributed by atoms with Crippen molar-refractivity contribution in [2.24, 2.45) is 0 Å². The summed E-state index contributed by atoms with van der Waals surface area (Å²) in [6, 6.07) is 1.75. The Hall–Kier alpha value is -1.16. The van der Waals surface area contributed by atoms with E-state index in [9.17, 15) is 0 Å². The number of fused-ring (bicyclic) bond motifs is 1. The maximum atomic E-state index is 5.97. The van der Waals surface area contributed by atoms with Gasteiger partial charge in [-0.15, -0.1) is 5.10 Å². The molecule has 2 aromatic heterocycles. The summed E-state index contributed by atoms with van der Waals surface area (Å²) < 4.78 is 1.82. The molecule has 2 aromatic rings. The van der Waals surface area contributed by atoms with Crippen LogP contribution in [0.5, 0.6) is 0 Å². The molecule has 78 valence electrons. The number of hydrogen-bond donors (Lipinski definition) is 0. The predicted molar refractivity (Wildman–Crippen MR) is 57.1 cm³/mol. The van der Waals surface area contributed by atoms with Crippen LogP contribution in [0.15, 0.2) is 6.07 Å². The van der Waals surface area contributed by atoms with Gasteiger partial charge >= 0.3 is 0 Å². The molecule has 3 rings (SSSR count). The van der Waals surface area contributed by atoms with Crippen molar-refractivity contribution in [2.75, 3.05) is 0 Å². The van der Waals surface area contributed by atoms with Crippen LogP contribution in [0.4, 0.5) is 0 Å². The first-order chi connectivity index (χ1) is 7.24. The van der Waals surface area contributed by atoms with Crippen LogP contribution >= 0.6 is 11.6 Å². The minimum atomic E-state index is 0.507. The molecule has 0 aliphatic heterocycles. The van der Waals surface area contributed by atoms with Crippen molar-refractivity contribution in [1.29, 1.82) is 0 Å². The quantitative estimate of drug-likeness (QED) is 0.696. The van der Waals surface area contributed by atoms with Crippen molar-refractivity contribution < 1.29 is 0 Å². The molecule has 1 aliphatic rings. The molecule has 0 atom stereocenters. The lowest BCUT2D eigenvalue weighted by molar-refractivity contribution is 0.393. The molecule has 15 heavy (non-hydrogen) atoms. The maximum absolute atomic E-state index is 5.97. The fourth-order valence-electron chi connectivity index (χ4n) is 1.92. The third kappa shape index (κ3) is 1.40. The van der Waals surface area contributed by atoms with Crippen LogP contribution in [0.2, 0.25) is 5.15 Å². The summed E-state index contributed by atoms with van der Waals surface area (Å²) in [7, 11) is 0. The molecular weight excluding hydrogens is 212 g/mol. The molecule has 0 saturated heterocycles. The average molecular weight is 223 g/mol. The second kappa shape index (κ2) is 3.17. The molecule has 0 radical (unpaired) electrons. The number of aromatic nitrogens is 4. The molecule has 4 nitrogen and oxygen atoms in total. The second-order valence-electron chi connectivity index (χ2n) is 3.99. The van der Waals surface area contributed by atoms with Crippen LogP contribution < -0.4 is 0 Å². The van der Waals surface area contributed by atoms with Gasteiger partial charge in [0.25, 0.3) is 0 Å². The average Bonchev–Trinajstić information content (AvgIpc) is 2.41. The van der Waals surface area contributed by atoms with E-state index in [1.165, 1.54) is 19.3 Å². The standard InChI is InChI=1S/C10H11ClN4/c1-6-12-9-5-8(11)13-10(15(9)14-6)7-3-2-4-7/h5,7H,2-4H2,1H3. The van der Waals surface area contributed by atoms with E-state index < -0.39 is 0 Å². The number of rotatable bonds is 1. The molecule has 0 aromatic carbocycles. The van der Waals surface area contributed by atoms with E-state index in [2.05, 4.69) is 15.1 Å². The molecule has 0 unspecified atom stereocenters. The monoisotopic (exact) mass is 222 g/mol. The topological polar surface area (TPSA) is 43.1 Å². The first-order valence-electron chi connectivity index (χ1n) is 5.14. The maximum Gasteiger partial charge on any atom is 0.160 e. The van der Waals surface area contributed by atoms with Crippen LogP contribution in [0.25, 0.3) is 5.65 Å². The molecule has 1 saturated carbocycles. The van der Waals surface area contributed by atoms with E-state index in [1.54, 1.807) is 6.07 Å². The smallest absolute Gasteiger partial charge is 0.160 e. The van der Waals surface area contributed by atoms with Crippen molar-refractivity contribution in [2.45, 2.75) is 32.1 Å². The SMILES string of the molecule is Cc1nc2cc(Cl)nc(C3CCC3)n2n1. The lowest BCUT2D eigenvalue weighted by atomic mass is 9.85. The van der Waals surface area contributed by atoms with Gasteiger partial charge in [0.05, 0.1) is 0 Å². The third-order valence-electron chi connectivity index (χ3n) is 2.89. The van der Waals surface area contributed by atoms with Crippen LogP contribution in [0.3, 0.4) is 0 Å². The molecule has 1 aliphatic carbocycles. The summed E-state index contributed by atoms with van der Waals surface area (Å²) in [4.78, 5) is 8.67. The number of halogens is 1. The van der Waals surface area contributed by atoms with Gasteiger partial charge in [-0.05, 0) is 19.8 Å². The van der Waals surface area contributed by atoms with Gasteiger partial charge in [0.15, 0.2) is 5.65 Å². The highest BCUT2D eigenvalue weighted by molar-refractivity contribution is 6.29. The van der Waals surface area contributed by atoms with Crippen molar-refractivity contribution in [1.82, 2.24) is 19.6 Å². The van der Waals surface area contributed by atoms with Crippen molar-refractivity contribution in [3.63, 3.8) is 0 Å². The first kappa shape index (κ1) is 9.09. The van der Waals surface area contributed by atoms with E-state index in [0.29, 0.717) is 11.1 Å². The lowest BCUT2D eigenvalue weighted by Crippen LogP contribution is -2.15. The van der Waals surface area contributed by atoms with Crippen LogP contribution in [-0.2, 0) is 0 Å². The van der Waals surface area contributed by atoms with Gasteiger partial charge < -0.3 is 0 Å². The third-order valence-corrected chi connectivity index (χ3v) is 3.09. The highest BCUT2D eigenvalue weighted by Gasteiger charge is 2.24. The van der Waals surface area contributed by atoms with Crippen molar-refractivity contribution >= 4 is 17.2 Å². The van der Waals surface area contributed by atoms with Crippen molar-refractivity contribution in [3.05, 3.63) is 22.9 Å². The summed E-state index contributed by atoms with van der Waals surface area (Å²) in [5.41, 5.74) is 0.800. The van der Waals surface area contributed by atoms with Crippen LogP contribution in [-0.4, -0.2) is 19.6 Å². The Bertz CT molecular complexity index is 515. The van der Waals surface area contributed by atoms with Gasteiger partial charge in [-0.3, -0.25) is 0 Å². The molecule has 0 amide bonds. The zero-order valence-corrected chi connectivity index (χ0v) is 9.20. The van der Waals surface area contributed by atoms with E-state index >= 15 is 0 Å². The number of aryl methyl sites for hydroxylation is 1. The van der Waals surface area contributed by atoms with E-state index in [4.69, 9.17) is 11.6 Å². The Morgan fingerprint density at radius 1 is 1.40 bits per heavy atom. The van der Waals surface area contributed by atoms with Gasteiger partial charge in [-0.2, -0.15) is 4.52 Å². The summed E-state index contributed by atoms with van der Waals surface area (Å²) >= 11 is 5.97. The highest BCUT2D eigenvalue weighted by atomic mass is 35.5. The van der Waals surface area contributed by atoms with Gasteiger partial charge in [-0.25, -0.2) is 9.97 Å². The Balaban J connectivity index is 2.24. The van der Waals surface area contributed by atoms with Crippen LogP contribution in [0, 0.1) is 6.92 Å². The summed E-state index contributed by atoms with van der Waals surface area (Å²) in [5.74, 6) is 2.23. The van der Waals surface area contributed by atoms with E-state index in [0.717, 1.165) is 17.3 Å². The largest absolute Gasteiger partial charge is 0.221 e. The van der Waals surface area contributed by atoms with E-state index in [-0.39, 0.29) is 0 Å². The Morgan fingerprint density at radius 2 is 2.20 bits per heavy atom. The molecule has 0 bridgehead atoms. The Morgan fingerprint density at radius 3 is 2.87 bits per heavy atom. The highest BCUT2D eigenvalue weighted by Crippen LogP contribution is 2.35. The van der Waals surface area contributed by atoms with Gasteiger partial charge in [0, 0.05) is 12.0 Å². The zero-order chi connectivity index (χ0) is 10.4. The molecule has 0 N–H and O–H groups in total. The Kier molecular flexibility index (Phi) is 1.92. The second-order valence-corrected chi connectivity index (χ2v) is 4.38. The fraction of sp³-hybridized carbons (Fsp3) is 0.500. The first-order valence-corrected chi connectivity index (χ1v) is 5.51. The Labute approximate surface area is 92.3 Å². The zero-order valence-electron chi connectivity index (χ0n) is 8.44. The van der Waals surface area contributed by atoms with E-state index in [1.807, 2.05) is 11.4 Å². The number of nitrogens with zero attached hydrogens (tertiary/aromatic N) is 4. The molecule has 1 fully saturated rings. The summed E-state index contributed by atoms with van der Waals surface area (Å²) in [6.45, 7) is 1.88. The lowest BCUT2D eigenvalue weighted by Gasteiger charge is -2.24. The minimum absolute atomic E-state index is 0.507. The van der Waals surface area contributed by atoms with Gasteiger partial charge in [-0.1, -0.05) is 18.0 Å². The molecule has 2 heterocycles.